The third-order valence-electron chi connectivity index (χ3n) is 5.13. The van der Waals surface area contributed by atoms with Crippen LogP contribution in [-0.2, 0) is 11.3 Å². The number of hydrogen-bond acceptors (Lipinski definition) is 4. The quantitative estimate of drug-likeness (QED) is 0.499. The van der Waals surface area contributed by atoms with Gasteiger partial charge in [0.15, 0.2) is 11.0 Å². The van der Waals surface area contributed by atoms with Crippen molar-refractivity contribution in [3.63, 3.8) is 0 Å². The van der Waals surface area contributed by atoms with Crippen molar-refractivity contribution in [1.29, 1.82) is 0 Å². The summed E-state index contributed by atoms with van der Waals surface area (Å²) < 4.78 is 2.06. The lowest BCUT2D eigenvalue weighted by Crippen LogP contribution is -2.16. The third kappa shape index (κ3) is 4.88. The van der Waals surface area contributed by atoms with E-state index in [1.165, 1.54) is 17.3 Å². The molecule has 1 amide bonds. The monoisotopic (exact) mass is 408 g/mol. The molecule has 3 rings (SSSR count). The van der Waals surface area contributed by atoms with Gasteiger partial charge in [0.05, 0.1) is 5.75 Å². The molecule has 6 heteroatoms. The minimum absolute atomic E-state index is 0.0335. The molecule has 0 saturated heterocycles. The van der Waals surface area contributed by atoms with E-state index in [4.69, 9.17) is 0 Å². The van der Waals surface area contributed by atoms with E-state index in [1.54, 1.807) is 0 Å². The molecule has 2 aromatic carbocycles. The van der Waals surface area contributed by atoms with Gasteiger partial charge in [0, 0.05) is 17.8 Å². The standard InChI is InChI=1S/C23H28N4OS/c1-5-16(3)18-12-9-10-14-20(18)24-21(28)15-29-23-26-25-22(27(23)6-2)19-13-8-7-11-17(19)4/h7-14,16H,5-6,15H2,1-4H3,(H,24,28)/t16-/m1/s1. The lowest BCUT2D eigenvalue weighted by Gasteiger charge is -2.15. The smallest absolute Gasteiger partial charge is 0.234 e. The average Bonchev–Trinajstić information content (AvgIpc) is 3.15. The van der Waals surface area contributed by atoms with Gasteiger partial charge in [-0.15, -0.1) is 10.2 Å². The maximum Gasteiger partial charge on any atom is 0.234 e. The van der Waals surface area contributed by atoms with Gasteiger partial charge in [-0.25, -0.2) is 0 Å². The molecular weight excluding hydrogens is 380 g/mol. The highest BCUT2D eigenvalue weighted by Crippen LogP contribution is 2.28. The summed E-state index contributed by atoms with van der Waals surface area (Å²) in [4.78, 5) is 12.6. The van der Waals surface area contributed by atoms with E-state index < -0.39 is 0 Å². The second-order valence-electron chi connectivity index (χ2n) is 7.10. The molecule has 0 aliphatic heterocycles. The van der Waals surface area contributed by atoms with Crippen molar-refractivity contribution in [3.05, 3.63) is 59.7 Å². The predicted molar refractivity (Wildman–Crippen MR) is 120 cm³/mol. The Morgan fingerprint density at radius 3 is 2.55 bits per heavy atom. The van der Waals surface area contributed by atoms with E-state index in [0.717, 1.165) is 40.8 Å². The van der Waals surface area contributed by atoms with Crippen LogP contribution in [0.2, 0.25) is 0 Å². The molecule has 5 nitrogen and oxygen atoms in total. The molecule has 0 aliphatic carbocycles. The number of benzene rings is 2. The lowest BCUT2D eigenvalue weighted by atomic mass is 9.97. The lowest BCUT2D eigenvalue weighted by molar-refractivity contribution is -0.113. The van der Waals surface area contributed by atoms with Gasteiger partial charge in [0.25, 0.3) is 0 Å². The summed E-state index contributed by atoms with van der Waals surface area (Å²) >= 11 is 1.42. The van der Waals surface area contributed by atoms with Crippen LogP contribution in [0.25, 0.3) is 11.4 Å². The summed E-state index contributed by atoms with van der Waals surface area (Å²) in [7, 11) is 0. The summed E-state index contributed by atoms with van der Waals surface area (Å²) in [6, 6.07) is 16.2. The van der Waals surface area contributed by atoms with Crippen LogP contribution in [-0.4, -0.2) is 26.4 Å². The first-order chi connectivity index (χ1) is 14.0. The molecule has 0 unspecified atom stereocenters. The van der Waals surface area contributed by atoms with Crippen LogP contribution in [0.15, 0.2) is 53.7 Å². The molecule has 0 fully saturated rings. The Morgan fingerprint density at radius 1 is 1.10 bits per heavy atom. The Morgan fingerprint density at radius 2 is 1.83 bits per heavy atom. The van der Waals surface area contributed by atoms with Crippen LogP contribution >= 0.6 is 11.8 Å². The number of carbonyl (C=O) groups is 1. The Hall–Kier alpha value is -2.60. The first-order valence-corrected chi connectivity index (χ1v) is 11.0. The van der Waals surface area contributed by atoms with Gasteiger partial charge in [0.1, 0.15) is 0 Å². The van der Waals surface area contributed by atoms with E-state index in [0.29, 0.717) is 11.7 Å². The maximum atomic E-state index is 12.6. The Labute approximate surface area is 176 Å². The van der Waals surface area contributed by atoms with Crippen molar-refractivity contribution in [2.45, 2.75) is 51.7 Å². The number of aromatic nitrogens is 3. The number of hydrogen-bond donors (Lipinski definition) is 1. The molecule has 0 bridgehead atoms. The van der Waals surface area contributed by atoms with Crippen LogP contribution < -0.4 is 5.32 Å². The highest BCUT2D eigenvalue weighted by atomic mass is 32.2. The third-order valence-corrected chi connectivity index (χ3v) is 6.10. The Kier molecular flexibility index (Phi) is 7.09. The van der Waals surface area contributed by atoms with Gasteiger partial charge in [0.2, 0.25) is 5.91 Å². The van der Waals surface area contributed by atoms with Gasteiger partial charge < -0.3 is 9.88 Å². The first kappa shape index (κ1) is 21.1. The summed E-state index contributed by atoms with van der Waals surface area (Å²) in [5.41, 5.74) is 4.29. The zero-order chi connectivity index (χ0) is 20.8. The number of amides is 1. The second kappa shape index (κ2) is 9.74. The zero-order valence-electron chi connectivity index (χ0n) is 17.5. The number of anilines is 1. The minimum Gasteiger partial charge on any atom is -0.325 e. The fraction of sp³-hybridized carbons (Fsp3) is 0.348. The molecule has 1 atom stereocenters. The second-order valence-corrected chi connectivity index (χ2v) is 8.04. The van der Waals surface area contributed by atoms with Crippen LogP contribution in [0.4, 0.5) is 5.69 Å². The zero-order valence-corrected chi connectivity index (χ0v) is 18.3. The van der Waals surface area contributed by atoms with E-state index in [9.17, 15) is 4.79 Å². The van der Waals surface area contributed by atoms with Crippen molar-refractivity contribution in [3.8, 4) is 11.4 Å². The molecule has 1 heterocycles. The first-order valence-electron chi connectivity index (χ1n) is 10.1. The summed E-state index contributed by atoms with van der Waals surface area (Å²) in [5.74, 6) is 1.50. The van der Waals surface area contributed by atoms with Crippen LogP contribution in [0, 0.1) is 6.92 Å². The Balaban J connectivity index is 1.71. The molecule has 152 valence electrons. The van der Waals surface area contributed by atoms with Gasteiger partial charge in [-0.1, -0.05) is 68.1 Å². The summed E-state index contributed by atoms with van der Waals surface area (Å²) in [6.45, 7) is 9.22. The summed E-state index contributed by atoms with van der Waals surface area (Å²) in [5, 5.41) is 12.6. The SMILES string of the molecule is CC[C@@H](C)c1ccccc1NC(=O)CSc1nnc(-c2ccccc2C)n1CC. The number of para-hydroxylation sites is 1. The molecule has 1 aromatic heterocycles. The number of nitrogens with one attached hydrogen (secondary N) is 1. The van der Waals surface area contributed by atoms with Gasteiger partial charge in [-0.3, -0.25) is 4.79 Å². The number of carbonyl (C=O) groups excluding carboxylic acids is 1. The van der Waals surface area contributed by atoms with Crippen molar-refractivity contribution in [1.82, 2.24) is 14.8 Å². The molecule has 0 saturated carbocycles. The summed E-state index contributed by atoms with van der Waals surface area (Å²) in [6.07, 6.45) is 1.03. The molecule has 0 spiro atoms. The van der Waals surface area contributed by atoms with E-state index in [1.807, 2.05) is 30.3 Å². The fourth-order valence-corrected chi connectivity index (χ4v) is 4.08. The fourth-order valence-electron chi connectivity index (χ4n) is 3.28. The number of rotatable bonds is 8. The van der Waals surface area contributed by atoms with Crippen molar-refractivity contribution >= 4 is 23.4 Å². The average molecular weight is 409 g/mol. The molecule has 1 N–H and O–H groups in total. The van der Waals surface area contributed by atoms with Crippen LogP contribution in [0.1, 0.15) is 44.2 Å². The van der Waals surface area contributed by atoms with E-state index in [2.05, 4.69) is 66.0 Å². The van der Waals surface area contributed by atoms with Crippen molar-refractivity contribution < 1.29 is 4.79 Å². The van der Waals surface area contributed by atoms with Crippen LogP contribution in [0.5, 0.6) is 0 Å². The molecular formula is C23H28N4OS. The largest absolute Gasteiger partial charge is 0.325 e. The topological polar surface area (TPSA) is 59.8 Å². The highest BCUT2D eigenvalue weighted by Gasteiger charge is 2.16. The van der Waals surface area contributed by atoms with E-state index >= 15 is 0 Å². The van der Waals surface area contributed by atoms with Crippen molar-refractivity contribution in [2.75, 3.05) is 11.1 Å². The molecule has 29 heavy (non-hydrogen) atoms. The predicted octanol–water partition coefficient (Wildman–Crippen LogP) is 5.52. The van der Waals surface area contributed by atoms with Crippen molar-refractivity contribution in [2.24, 2.45) is 0 Å². The number of aryl methyl sites for hydroxylation is 1. The van der Waals surface area contributed by atoms with Gasteiger partial charge in [-0.2, -0.15) is 0 Å². The molecule has 3 aromatic rings. The number of nitrogens with zero attached hydrogens (tertiary/aromatic N) is 3. The van der Waals surface area contributed by atoms with Crippen LogP contribution in [0.3, 0.4) is 0 Å². The Bertz CT molecular complexity index is 983. The minimum atomic E-state index is -0.0335. The highest BCUT2D eigenvalue weighted by molar-refractivity contribution is 7.99. The molecule has 0 aliphatic rings. The van der Waals surface area contributed by atoms with Gasteiger partial charge >= 0.3 is 0 Å². The van der Waals surface area contributed by atoms with E-state index in [-0.39, 0.29) is 5.91 Å². The molecule has 0 radical (unpaired) electrons. The maximum absolute atomic E-state index is 12.6. The normalized spacial score (nSPS) is 12.0. The van der Waals surface area contributed by atoms with Gasteiger partial charge in [-0.05, 0) is 43.4 Å². The number of thioether (sulfide) groups is 1.